The fraction of sp³-hybridized carbons (Fsp3) is 0.125. The van der Waals surface area contributed by atoms with Crippen molar-refractivity contribution in [3.63, 3.8) is 0 Å². The predicted octanol–water partition coefficient (Wildman–Crippen LogP) is 2.68. The number of aromatic nitrogens is 6. The Morgan fingerprint density at radius 3 is 2.78 bits per heavy atom. The van der Waals surface area contributed by atoms with E-state index in [1.807, 2.05) is 41.9 Å². The smallest absolute Gasteiger partial charge is 0.274 e. The van der Waals surface area contributed by atoms with Crippen LogP contribution in [0.3, 0.4) is 0 Å². The van der Waals surface area contributed by atoms with Crippen LogP contribution in [-0.2, 0) is 6.54 Å². The first-order valence-corrected chi connectivity index (χ1v) is 7.23. The van der Waals surface area contributed by atoms with E-state index in [2.05, 4.69) is 37.6 Å². The van der Waals surface area contributed by atoms with Gasteiger partial charge in [0.2, 0.25) is 5.82 Å². The fourth-order valence-electron chi connectivity index (χ4n) is 2.37. The minimum atomic E-state index is 0.432. The lowest BCUT2D eigenvalue weighted by Crippen LogP contribution is -2.03. The molecule has 0 radical (unpaired) electrons. The highest BCUT2D eigenvalue weighted by atomic mass is 16.5. The van der Waals surface area contributed by atoms with E-state index in [1.54, 1.807) is 6.20 Å². The molecule has 3 aromatic heterocycles. The topological polar surface area (TPSA) is 85.4 Å². The van der Waals surface area contributed by atoms with E-state index in [0.29, 0.717) is 24.0 Å². The van der Waals surface area contributed by atoms with Gasteiger partial charge in [-0.25, -0.2) is 4.68 Å². The van der Waals surface area contributed by atoms with Crippen molar-refractivity contribution in [1.82, 2.24) is 30.1 Å². The van der Waals surface area contributed by atoms with Crippen LogP contribution in [0.1, 0.15) is 11.3 Å². The maximum absolute atomic E-state index is 5.28. The highest BCUT2D eigenvalue weighted by Gasteiger charge is 2.18. The van der Waals surface area contributed by atoms with Crippen LogP contribution in [0.5, 0.6) is 0 Å². The number of aromatic amines is 1. The second kappa shape index (κ2) is 5.53. The van der Waals surface area contributed by atoms with E-state index >= 15 is 0 Å². The summed E-state index contributed by atoms with van der Waals surface area (Å²) in [6, 6.07) is 13.9. The molecule has 7 nitrogen and oxygen atoms in total. The number of nitrogens with one attached hydrogen (secondary N) is 1. The van der Waals surface area contributed by atoms with Crippen molar-refractivity contribution < 1.29 is 4.52 Å². The number of hydrogen-bond acceptors (Lipinski definition) is 5. The Hall–Kier alpha value is -3.22. The molecular formula is C16H14N6O. The summed E-state index contributed by atoms with van der Waals surface area (Å²) in [5.74, 6) is 0.869. The third-order valence-corrected chi connectivity index (χ3v) is 3.62. The quantitative estimate of drug-likeness (QED) is 0.626. The van der Waals surface area contributed by atoms with E-state index in [4.69, 9.17) is 4.52 Å². The van der Waals surface area contributed by atoms with Crippen molar-refractivity contribution in [3.05, 3.63) is 59.9 Å². The normalized spacial score (nSPS) is 11.0. The minimum Gasteiger partial charge on any atom is -0.357 e. The zero-order valence-corrected chi connectivity index (χ0v) is 12.5. The molecule has 23 heavy (non-hydrogen) atoms. The number of H-pyrrole nitrogens is 1. The first kappa shape index (κ1) is 13.4. The number of rotatable bonds is 4. The molecule has 4 aromatic rings. The molecule has 7 heteroatoms. The van der Waals surface area contributed by atoms with Crippen molar-refractivity contribution in [3.8, 4) is 23.1 Å². The molecule has 1 N–H and O–H groups in total. The van der Waals surface area contributed by atoms with E-state index in [-0.39, 0.29) is 0 Å². The van der Waals surface area contributed by atoms with Crippen molar-refractivity contribution in [2.45, 2.75) is 13.5 Å². The maximum atomic E-state index is 5.28. The zero-order chi connectivity index (χ0) is 15.6. The first-order valence-electron chi connectivity index (χ1n) is 7.23. The van der Waals surface area contributed by atoms with Crippen LogP contribution in [0.2, 0.25) is 0 Å². The molecule has 0 amide bonds. The van der Waals surface area contributed by atoms with Crippen LogP contribution in [0.15, 0.2) is 53.2 Å². The maximum Gasteiger partial charge on any atom is 0.274 e. The summed E-state index contributed by atoms with van der Waals surface area (Å²) in [4.78, 5) is 7.41. The Morgan fingerprint density at radius 2 is 2.00 bits per heavy atom. The molecule has 3 heterocycles. The SMILES string of the molecule is Cc1c(-c2noc(-c3ccc[nH]3)n2)nnn1Cc1ccccc1. The van der Waals surface area contributed by atoms with Gasteiger partial charge >= 0.3 is 0 Å². The molecule has 0 bridgehead atoms. The summed E-state index contributed by atoms with van der Waals surface area (Å²) < 4.78 is 7.11. The fourth-order valence-corrected chi connectivity index (χ4v) is 2.37. The highest BCUT2D eigenvalue weighted by molar-refractivity contribution is 5.55. The zero-order valence-electron chi connectivity index (χ0n) is 12.5. The van der Waals surface area contributed by atoms with E-state index in [0.717, 1.165) is 17.0 Å². The Labute approximate surface area is 132 Å². The van der Waals surface area contributed by atoms with E-state index in [1.165, 1.54) is 0 Å². The molecule has 0 aliphatic rings. The van der Waals surface area contributed by atoms with Gasteiger partial charge in [-0.3, -0.25) is 0 Å². The Bertz CT molecular complexity index is 907. The van der Waals surface area contributed by atoms with Gasteiger partial charge in [0, 0.05) is 6.20 Å². The lowest BCUT2D eigenvalue weighted by Gasteiger charge is -2.02. The van der Waals surface area contributed by atoms with Gasteiger partial charge < -0.3 is 9.51 Å². The summed E-state index contributed by atoms with van der Waals surface area (Å²) in [6.07, 6.45) is 1.81. The molecule has 0 aliphatic carbocycles. The summed E-state index contributed by atoms with van der Waals surface area (Å²) in [5.41, 5.74) is 3.46. The standard InChI is InChI=1S/C16H14N6O/c1-11-14(15-18-16(23-20-15)13-8-5-9-17-13)19-21-22(11)10-12-6-3-2-4-7-12/h2-9,17H,10H2,1H3. The second-order valence-corrected chi connectivity index (χ2v) is 5.17. The van der Waals surface area contributed by atoms with Gasteiger partial charge in [0.1, 0.15) is 5.69 Å². The molecular weight excluding hydrogens is 292 g/mol. The number of benzene rings is 1. The summed E-state index contributed by atoms with van der Waals surface area (Å²) in [5, 5.41) is 12.4. The van der Waals surface area contributed by atoms with Crippen molar-refractivity contribution in [1.29, 1.82) is 0 Å². The molecule has 0 aliphatic heterocycles. The molecule has 0 fully saturated rings. The van der Waals surface area contributed by atoms with Crippen LogP contribution in [0, 0.1) is 6.92 Å². The number of hydrogen-bond donors (Lipinski definition) is 1. The van der Waals surface area contributed by atoms with Gasteiger partial charge in [0.05, 0.1) is 12.2 Å². The van der Waals surface area contributed by atoms with Crippen LogP contribution in [-0.4, -0.2) is 30.1 Å². The van der Waals surface area contributed by atoms with E-state index in [9.17, 15) is 0 Å². The molecule has 0 unspecified atom stereocenters. The lowest BCUT2D eigenvalue weighted by molar-refractivity contribution is 0.431. The predicted molar refractivity (Wildman–Crippen MR) is 83.4 cm³/mol. The first-order chi connectivity index (χ1) is 11.3. The molecule has 4 rings (SSSR count). The minimum absolute atomic E-state index is 0.432. The average molecular weight is 306 g/mol. The van der Waals surface area contributed by atoms with Gasteiger partial charge in [-0.2, -0.15) is 4.98 Å². The third-order valence-electron chi connectivity index (χ3n) is 3.62. The van der Waals surface area contributed by atoms with Gasteiger partial charge in [0.15, 0.2) is 5.69 Å². The van der Waals surface area contributed by atoms with Crippen LogP contribution >= 0.6 is 0 Å². The van der Waals surface area contributed by atoms with Crippen molar-refractivity contribution in [2.75, 3.05) is 0 Å². The van der Waals surface area contributed by atoms with Crippen molar-refractivity contribution in [2.24, 2.45) is 0 Å². The average Bonchev–Trinajstić information content (AvgIpc) is 3.30. The molecule has 114 valence electrons. The Balaban J connectivity index is 1.63. The molecule has 0 atom stereocenters. The summed E-state index contributed by atoms with van der Waals surface area (Å²) in [6.45, 7) is 2.60. The Morgan fingerprint density at radius 1 is 1.13 bits per heavy atom. The third kappa shape index (κ3) is 2.52. The van der Waals surface area contributed by atoms with Gasteiger partial charge in [0.25, 0.3) is 5.89 Å². The van der Waals surface area contributed by atoms with Gasteiger partial charge in [-0.1, -0.05) is 40.7 Å². The summed E-state index contributed by atoms with van der Waals surface area (Å²) >= 11 is 0. The molecule has 0 saturated heterocycles. The van der Waals surface area contributed by atoms with E-state index < -0.39 is 0 Å². The lowest BCUT2D eigenvalue weighted by atomic mass is 10.2. The number of nitrogens with zero attached hydrogens (tertiary/aromatic N) is 5. The largest absolute Gasteiger partial charge is 0.357 e. The summed E-state index contributed by atoms with van der Waals surface area (Å²) in [7, 11) is 0. The van der Waals surface area contributed by atoms with Gasteiger partial charge in [-0.15, -0.1) is 5.10 Å². The highest BCUT2D eigenvalue weighted by Crippen LogP contribution is 2.22. The molecule has 0 saturated carbocycles. The molecule has 0 spiro atoms. The van der Waals surface area contributed by atoms with Crippen LogP contribution < -0.4 is 0 Å². The van der Waals surface area contributed by atoms with Crippen molar-refractivity contribution >= 4 is 0 Å². The second-order valence-electron chi connectivity index (χ2n) is 5.17. The van der Waals surface area contributed by atoms with Crippen LogP contribution in [0.4, 0.5) is 0 Å². The Kier molecular flexibility index (Phi) is 3.23. The van der Waals surface area contributed by atoms with Gasteiger partial charge in [-0.05, 0) is 24.6 Å². The monoisotopic (exact) mass is 306 g/mol. The van der Waals surface area contributed by atoms with Crippen LogP contribution in [0.25, 0.3) is 23.1 Å². The molecule has 1 aromatic carbocycles.